The van der Waals surface area contributed by atoms with Crippen molar-refractivity contribution in [1.82, 2.24) is 0 Å². The van der Waals surface area contributed by atoms with Gasteiger partial charge in [-0.05, 0) is 47.7 Å². The Morgan fingerprint density at radius 2 is 0.422 bits per heavy atom. The van der Waals surface area contributed by atoms with Gasteiger partial charge in [-0.1, -0.05) is 182 Å². The standard InChI is InChI=1S/2C18H15P.2CClO.Ru/c2*1-4-10-16(11-5-1)19(17-12-6-2-7-13-17)18-14-8-3-9-15-18;2*2-1-3;/h2*1-15H;;;/q;;2*-1;+2. The van der Waals surface area contributed by atoms with Crippen LogP contribution in [0.15, 0.2) is 182 Å². The minimum absolute atomic E-state index is 0. The average molecular weight is 753 g/mol. The van der Waals surface area contributed by atoms with Crippen LogP contribution in [0.25, 0.3) is 0 Å². The van der Waals surface area contributed by atoms with Crippen molar-refractivity contribution in [2.75, 3.05) is 0 Å². The molecular formula is C38H30Cl2O2P2Ru. The molecule has 0 amide bonds. The summed E-state index contributed by atoms with van der Waals surface area (Å²) in [4.78, 5) is 16.9. The Hall–Kier alpha value is -3.28. The molecule has 0 saturated carbocycles. The van der Waals surface area contributed by atoms with Gasteiger partial charge in [0.2, 0.25) is 0 Å². The van der Waals surface area contributed by atoms with E-state index in [-0.39, 0.29) is 19.5 Å². The van der Waals surface area contributed by atoms with Gasteiger partial charge in [-0.3, -0.25) is 0 Å². The predicted octanol–water partition coefficient (Wildman–Crippen LogP) is 7.47. The summed E-state index contributed by atoms with van der Waals surface area (Å²) >= 11 is 8.39. The van der Waals surface area contributed by atoms with Gasteiger partial charge in [-0.15, -0.1) is 0 Å². The fourth-order valence-corrected chi connectivity index (χ4v) is 8.97. The molecule has 0 aliphatic heterocycles. The number of carbonyl (C=O) groups excluding carboxylic acids is 2. The van der Waals surface area contributed by atoms with Crippen molar-refractivity contribution >= 4 is 82.4 Å². The van der Waals surface area contributed by atoms with E-state index in [9.17, 15) is 0 Å². The van der Waals surface area contributed by atoms with Crippen molar-refractivity contribution in [1.29, 1.82) is 0 Å². The Balaban J connectivity index is 0.000000262. The molecule has 226 valence electrons. The molecule has 0 spiro atoms. The van der Waals surface area contributed by atoms with Gasteiger partial charge in [0.1, 0.15) is 0 Å². The maximum absolute atomic E-state index is 8.45. The Kier molecular flexibility index (Phi) is 19.5. The molecule has 0 heterocycles. The van der Waals surface area contributed by atoms with Crippen LogP contribution in [0.4, 0.5) is 0 Å². The zero-order valence-electron chi connectivity index (χ0n) is 24.1. The largest absolute Gasteiger partial charge is 2.00 e. The molecule has 0 saturated heterocycles. The Labute approximate surface area is 291 Å². The van der Waals surface area contributed by atoms with Crippen molar-refractivity contribution < 1.29 is 29.1 Å². The molecule has 0 bridgehead atoms. The van der Waals surface area contributed by atoms with Crippen molar-refractivity contribution in [3.8, 4) is 0 Å². The van der Waals surface area contributed by atoms with Gasteiger partial charge in [0, 0.05) is 0 Å². The van der Waals surface area contributed by atoms with Gasteiger partial charge in [-0.25, -0.2) is 0 Å². The molecule has 0 unspecified atom stereocenters. The topological polar surface area (TPSA) is 34.1 Å². The molecule has 7 heteroatoms. The van der Waals surface area contributed by atoms with Gasteiger partial charge >= 0.3 is 19.5 Å². The summed E-state index contributed by atoms with van der Waals surface area (Å²) in [5, 5.41) is 8.39. The summed E-state index contributed by atoms with van der Waals surface area (Å²) in [6.07, 6.45) is 0. The average Bonchev–Trinajstić information content (AvgIpc) is 3.09. The van der Waals surface area contributed by atoms with Crippen LogP contribution in [-0.4, -0.2) is 11.5 Å². The van der Waals surface area contributed by atoms with E-state index in [0.29, 0.717) is 0 Å². The number of benzene rings is 6. The van der Waals surface area contributed by atoms with E-state index in [4.69, 9.17) is 9.59 Å². The molecule has 0 aliphatic rings. The molecule has 6 rings (SSSR count). The number of rotatable bonds is 6. The zero-order chi connectivity index (χ0) is 31.2. The van der Waals surface area contributed by atoms with E-state index in [1.54, 1.807) is 0 Å². The van der Waals surface area contributed by atoms with Crippen LogP contribution in [0.1, 0.15) is 0 Å². The Morgan fingerprint density at radius 1 is 0.311 bits per heavy atom. The molecule has 0 fully saturated rings. The number of halogens is 2. The molecular weight excluding hydrogens is 722 g/mol. The van der Waals surface area contributed by atoms with Gasteiger partial charge in [0.05, 0.1) is 0 Å². The Bertz CT molecular complexity index is 1290. The first kappa shape index (κ1) is 37.9. The molecule has 0 atom stereocenters. The van der Waals surface area contributed by atoms with Gasteiger partial charge in [-0.2, -0.15) is 11.5 Å². The number of hydrogen-bond donors (Lipinski definition) is 0. The fourth-order valence-electron chi connectivity index (χ4n) is 4.36. The van der Waals surface area contributed by atoms with Crippen LogP contribution < -0.4 is 31.8 Å². The van der Waals surface area contributed by atoms with Crippen LogP contribution in [0, 0.1) is 0 Å². The number of hydrogen-bond acceptors (Lipinski definition) is 2. The summed E-state index contributed by atoms with van der Waals surface area (Å²) in [6, 6.07) is 64.7. The smallest absolute Gasteiger partial charge is 0.525 e. The SMILES string of the molecule is O=[C-]Cl.O=[C-]Cl.[Ru+2].c1ccc(P(c2ccccc2)c2ccccc2)cc1.c1ccc(P(c2ccccc2)c2ccccc2)cc1. The van der Waals surface area contributed by atoms with Gasteiger partial charge < -0.3 is 32.8 Å². The molecule has 0 aromatic heterocycles. The van der Waals surface area contributed by atoms with Crippen molar-refractivity contribution in [2.45, 2.75) is 0 Å². The maximum Gasteiger partial charge on any atom is 2.00 e. The minimum atomic E-state index is -0.446. The third-order valence-electron chi connectivity index (χ3n) is 6.09. The Morgan fingerprint density at radius 3 is 0.533 bits per heavy atom. The van der Waals surface area contributed by atoms with Gasteiger partial charge in [0.15, 0.2) is 0 Å². The van der Waals surface area contributed by atoms with E-state index in [0.717, 1.165) is 11.5 Å². The van der Waals surface area contributed by atoms with E-state index in [1.165, 1.54) is 31.8 Å². The molecule has 0 aliphatic carbocycles. The molecule has 0 N–H and O–H groups in total. The van der Waals surface area contributed by atoms with Crippen LogP contribution in [-0.2, 0) is 29.1 Å². The van der Waals surface area contributed by atoms with Crippen LogP contribution in [0.2, 0.25) is 0 Å². The minimum Gasteiger partial charge on any atom is -0.525 e. The van der Waals surface area contributed by atoms with Crippen LogP contribution >= 0.6 is 39.0 Å². The third-order valence-corrected chi connectivity index (χ3v) is 11.0. The van der Waals surface area contributed by atoms with E-state index >= 15 is 0 Å². The van der Waals surface area contributed by atoms with Crippen molar-refractivity contribution in [3.63, 3.8) is 0 Å². The van der Waals surface area contributed by atoms with E-state index in [1.807, 2.05) is 0 Å². The van der Waals surface area contributed by atoms with Crippen LogP contribution in [0.3, 0.4) is 0 Å². The summed E-state index contributed by atoms with van der Waals surface area (Å²) in [6.45, 7) is 0. The third kappa shape index (κ3) is 12.9. The summed E-state index contributed by atoms with van der Waals surface area (Å²) < 4.78 is 0. The fraction of sp³-hybridized carbons (Fsp3) is 0. The first-order chi connectivity index (χ1) is 21.7. The van der Waals surface area contributed by atoms with Crippen molar-refractivity contribution in [3.05, 3.63) is 182 Å². The second kappa shape index (κ2) is 23.1. The molecule has 0 radical (unpaired) electrons. The molecule has 6 aromatic rings. The van der Waals surface area contributed by atoms with Crippen molar-refractivity contribution in [2.24, 2.45) is 0 Å². The molecule has 2 nitrogen and oxygen atoms in total. The quantitative estimate of drug-likeness (QED) is 0.0767. The van der Waals surface area contributed by atoms with E-state index in [2.05, 4.69) is 205 Å². The second-order valence-corrected chi connectivity index (χ2v) is 13.6. The van der Waals surface area contributed by atoms with Crippen LogP contribution in [0.5, 0.6) is 0 Å². The second-order valence-electron chi connectivity index (χ2n) is 8.84. The first-order valence-corrected chi connectivity index (χ1v) is 17.0. The van der Waals surface area contributed by atoms with E-state index < -0.39 is 15.8 Å². The zero-order valence-corrected chi connectivity index (χ0v) is 29.2. The normalized spacial score (nSPS) is 9.51. The monoisotopic (exact) mass is 752 g/mol. The molecule has 45 heavy (non-hydrogen) atoms. The summed E-state index contributed by atoms with van der Waals surface area (Å²) in [7, 11) is -0.892. The molecule has 6 aromatic carbocycles. The predicted molar refractivity (Wildman–Crippen MR) is 193 cm³/mol. The summed E-state index contributed by atoms with van der Waals surface area (Å²) in [5.41, 5.74) is 0. The van der Waals surface area contributed by atoms with Gasteiger partial charge in [0.25, 0.3) is 0 Å². The maximum atomic E-state index is 8.45. The summed E-state index contributed by atoms with van der Waals surface area (Å²) in [5.74, 6) is 1.94. The first-order valence-electron chi connectivity index (χ1n) is 13.6.